The van der Waals surface area contributed by atoms with E-state index in [1.54, 1.807) is 11.8 Å². The molecule has 0 aliphatic carbocycles. The summed E-state index contributed by atoms with van der Waals surface area (Å²) in [6, 6.07) is 0. The molecule has 1 aliphatic heterocycles. The number of carbonyl (C=O) groups is 1. The highest BCUT2D eigenvalue weighted by molar-refractivity contribution is 8.14. The van der Waals surface area contributed by atoms with Crippen LogP contribution < -0.4 is 11.1 Å². The Balaban J connectivity index is 2.34. The van der Waals surface area contributed by atoms with E-state index in [1.807, 2.05) is 0 Å². The van der Waals surface area contributed by atoms with Crippen LogP contribution in [0, 0.1) is 0 Å². The molecule has 0 aromatic heterocycles. The summed E-state index contributed by atoms with van der Waals surface area (Å²) >= 11 is 1.72. The number of thioether (sulfide) groups is 1. The first-order valence-electron chi connectivity index (χ1n) is 5.49. The van der Waals surface area contributed by atoms with Crippen LogP contribution in [0.1, 0.15) is 26.7 Å². The lowest BCUT2D eigenvalue weighted by atomic mass is 9.96. The maximum Gasteiger partial charge on any atom is 0.404 e. The fourth-order valence-corrected chi connectivity index (χ4v) is 2.88. The highest BCUT2D eigenvalue weighted by Gasteiger charge is 2.33. The Labute approximate surface area is 100 Å². The third-order valence-electron chi connectivity index (χ3n) is 2.80. The summed E-state index contributed by atoms with van der Waals surface area (Å²) in [5.74, 6) is 1.05. The zero-order valence-corrected chi connectivity index (χ0v) is 10.6. The number of rotatable bonds is 5. The molecule has 1 heterocycles. The van der Waals surface area contributed by atoms with E-state index in [9.17, 15) is 4.79 Å². The average molecular weight is 245 g/mol. The fraction of sp³-hybridized carbons (Fsp3) is 0.800. The van der Waals surface area contributed by atoms with Gasteiger partial charge in [-0.05, 0) is 12.8 Å². The molecule has 0 bridgehead atoms. The molecule has 16 heavy (non-hydrogen) atoms. The summed E-state index contributed by atoms with van der Waals surface area (Å²) in [4.78, 5) is 14.6. The van der Waals surface area contributed by atoms with Gasteiger partial charge in [0.15, 0.2) is 5.17 Å². The second-order valence-electron chi connectivity index (χ2n) is 3.76. The second kappa shape index (κ2) is 5.98. The normalized spacial score (nSPS) is 20.8. The topological polar surface area (TPSA) is 76.7 Å². The predicted molar refractivity (Wildman–Crippen MR) is 66.7 cm³/mol. The van der Waals surface area contributed by atoms with Gasteiger partial charge in [0.1, 0.15) is 6.61 Å². The molecule has 0 saturated carbocycles. The molecule has 1 saturated heterocycles. The van der Waals surface area contributed by atoms with Crippen molar-refractivity contribution in [2.24, 2.45) is 10.7 Å². The van der Waals surface area contributed by atoms with E-state index in [0.29, 0.717) is 6.54 Å². The van der Waals surface area contributed by atoms with E-state index in [1.165, 1.54) is 0 Å². The standard InChI is InChI=1S/C10H19N3O2S/c1-3-10(4-2)7-16-9(13-10)12-5-6-15-8(11)14/h3-7H2,1-2H3,(H2,11,14)(H,12,13). The number of amides is 1. The molecule has 3 N–H and O–H groups in total. The smallest absolute Gasteiger partial charge is 0.404 e. The predicted octanol–water partition coefficient (Wildman–Crippen LogP) is 1.33. The number of hydrogen-bond donors (Lipinski definition) is 2. The Morgan fingerprint density at radius 3 is 2.81 bits per heavy atom. The van der Waals surface area contributed by atoms with Crippen molar-refractivity contribution in [1.29, 1.82) is 0 Å². The van der Waals surface area contributed by atoms with Gasteiger partial charge in [0.2, 0.25) is 0 Å². The molecular formula is C10H19N3O2S. The van der Waals surface area contributed by atoms with Crippen LogP contribution in [0.3, 0.4) is 0 Å². The maximum absolute atomic E-state index is 10.3. The van der Waals surface area contributed by atoms with Crippen molar-refractivity contribution in [2.75, 3.05) is 18.9 Å². The lowest BCUT2D eigenvalue weighted by Crippen LogP contribution is -2.42. The molecule has 0 radical (unpaired) electrons. The van der Waals surface area contributed by atoms with Crippen LogP contribution in [0.2, 0.25) is 0 Å². The van der Waals surface area contributed by atoms with Crippen molar-refractivity contribution in [3.8, 4) is 0 Å². The van der Waals surface area contributed by atoms with Crippen LogP contribution in [-0.4, -0.2) is 35.7 Å². The van der Waals surface area contributed by atoms with Crippen molar-refractivity contribution >= 4 is 23.0 Å². The zero-order chi connectivity index (χ0) is 12.0. The third-order valence-corrected chi connectivity index (χ3v) is 4.00. The first-order valence-corrected chi connectivity index (χ1v) is 6.48. The molecule has 0 atom stereocenters. The molecule has 0 aromatic carbocycles. The van der Waals surface area contributed by atoms with Crippen LogP contribution in [0.15, 0.2) is 4.99 Å². The molecule has 5 nitrogen and oxygen atoms in total. The summed E-state index contributed by atoms with van der Waals surface area (Å²) < 4.78 is 4.60. The second-order valence-corrected chi connectivity index (χ2v) is 4.72. The van der Waals surface area contributed by atoms with Gasteiger partial charge in [-0.3, -0.25) is 4.99 Å². The summed E-state index contributed by atoms with van der Waals surface area (Å²) in [6.45, 7) is 5.06. The van der Waals surface area contributed by atoms with Gasteiger partial charge >= 0.3 is 6.09 Å². The Hall–Kier alpha value is -0.910. The van der Waals surface area contributed by atoms with Crippen LogP contribution in [-0.2, 0) is 4.74 Å². The average Bonchev–Trinajstić information content (AvgIpc) is 2.69. The largest absolute Gasteiger partial charge is 0.448 e. The first-order chi connectivity index (χ1) is 7.62. The number of hydrogen-bond acceptors (Lipinski definition) is 4. The van der Waals surface area contributed by atoms with Gasteiger partial charge in [0.05, 0.1) is 6.54 Å². The van der Waals surface area contributed by atoms with Crippen LogP contribution in [0.5, 0.6) is 0 Å². The van der Waals surface area contributed by atoms with Gasteiger partial charge < -0.3 is 15.8 Å². The monoisotopic (exact) mass is 245 g/mol. The molecule has 1 amide bonds. The number of nitrogens with two attached hydrogens (primary N) is 1. The summed E-state index contributed by atoms with van der Waals surface area (Å²) in [7, 11) is 0. The lowest BCUT2D eigenvalue weighted by molar-refractivity contribution is 0.160. The highest BCUT2D eigenvalue weighted by Crippen LogP contribution is 2.28. The van der Waals surface area contributed by atoms with Crippen molar-refractivity contribution in [2.45, 2.75) is 32.2 Å². The molecule has 92 valence electrons. The summed E-state index contributed by atoms with van der Waals surface area (Å²) in [5, 5.41) is 4.37. The SMILES string of the molecule is CCC1(CC)CSC(=NCCOC(N)=O)N1. The minimum Gasteiger partial charge on any atom is -0.448 e. The van der Waals surface area contributed by atoms with E-state index in [0.717, 1.165) is 23.8 Å². The number of ether oxygens (including phenoxy) is 1. The number of nitrogens with one attached hydrogen (secondary N) is 1. The van der Waals surface area contributed by atoms with Gasteiger partial charge in [-0.25, -0.2) is 4.79 Å². The third kappa shape index (κ3) is 3.59. The summed E-state index contributed by atoms with van der Waals surface area (Å²) in [5.41, 5.74) is 5.03. The molecule has 1 rings (SSSR count). The molecule has 1 fully saturated rings. The lowest BCUT2D eigenvalue weighted by Gasteiger charge is -2.25. The number of amidine groups is 1. The van der Waals surface area contributed by atoms with E-state index in [2.05, 4.69) is 28.9 Å². The Morgan fingerprint density at radius 1 is 1.62 bits per heavy atom. The van der Waals surface area contributed by atoms with Crippen molar-refractivity contribution in [1.82, 2.24) is 5.32 Å². The molecule has 0 aromatic rings. The van der Waals surface area contributed by atoms with Crippen molar-refractivity contribution < 1.29 is 9.53 Å². The van der Waals surface area contributed by atoms with Crippen LogP contribution >= 0.6 is 11.8 Å². The molecule has 1 aliphatic rings. The van der Waals surface area contributed by atoms with Gasteiger partial charge in [-0.2, -0.15) is 0 Å². The summed E-state index contributed by atoms with van der Waals surface area (Å²) in [6.07, 6.45) is 1.43. The first kappa shape index (κ1) is 13.2. The minimum atomic E-state index is -0.747. The number of aliphatic imine (C=N–C) groups is 1. The quantitative estimate of drug-likeness (QED) is 0.716. The Kier molecular flexibility index (Phi) is 4.92. The number of primary amides is 1. The number of carbonyl (C=O) groups excluding carboxylic acids is 1. The molecule has 0 spiro atoms. The molecule has 6 heteroatoms. The van der Waals surface area contributed by atoms with E-state index in [-0.39, 0.29) is 12.1 Å². The van der Waals surface area contributed by atoms with Crippen LogP contribution in [0.4, 0.5) is 4.79 Å². The Morgan fingerprint density at radius 2 is 2.31 bits per heavy atom. The van der Waals surface area contributed by atoms with E-state index in [4.69, 9.17) is 5.73 Å². The maximum atomic E-state index is 10.3. The van der Waals surface area contributed by atoms with Gasteiger partial charge in [0.25, 0.3) is 0 Å². The van der Waals surface area contributed by atoms with Crippen molar-refractivity contribution in [3.63, 3.8) is 0 Å². The van der Waals surface area contributed by atoms with E-state index < -0.39 is 6.09 Å². The van der Waals surface area contributed by atoms with Gasteiger partial charge in [-0.15, -0.1) is 0 Å². The number of nitrogens with zero attached hydrogens (tertiary/aromatic N) is 1. The molecular weight excluding hydrogens is 226 g/mol. The van der Waals surface area contributed by atoms with Gasteiger partial charge in [0, 0.05) is 11.3 Å². The Bertz CT molecular complexity index is 277. The van der Waals surface area contributed by atoms with E-state index >= 15 is 0 Å². The van der Waals surface area contributed by atoms with Crippen molar-refractivity contribution in [3.05, 3.63) is 0 Å². The molecule has 0 unspecified atom stereocenters. The minimum absolute atomic E-state index is 0.189. The van der Waals surface area contributed by atoms with Gasteiger partial charge in [-0.1, -0.05) is 25.6 Å². The van der Waals surface area contributed by atoms with Crippen LogP contribution in [0.25, 0.3) is 0 Å². The fourth-order valence-electron chi connectivity index (χ4n) is 1.52. The highest BCUT2D eigenvalue weighted by atomic mass is 32.2. The zero-order valence-electron chi connectivity index (χ0n) is 9.78.